The molecule has 0 spiro atoms. The number of hydrogen-bond donors (Lipinski definition) is 2. The van der Waals surface area contributed by atoms with Crippen LogP contribution in [0.5, 0.6) is 5.75 Å². The highest BCUT2D eigenvalue weighted by atomic mass is 19.4. The molecule has 1 aromatic carbocycles. The number of anilines is 1. The first-order valence-corrected chi connectivity index (χ1v) is 9.66. The van der Waals surface area contributed by atoms with Gasteiger partial charge in [0.25, 0.3) is 0 Å². The van der Waals surface area contributed by atoms with Crippen molar-refractivity contribution in [2.75, 3.05) is 19.0 Å². The summed E-state index contributed by atoms with van der Waals surface area (Å²) in [5.74, 6) is -1.83. The Morgan fingerprint density at radius 1 is 1.28 bits per heavy atom. The third-order valence-electron chi connectivity index (χ3n) is 5.67. The number of esters is 1. The molecule has 1 saturated carbocycles. The highest BCUT2D eigenvalue weighted by Gasteiger charge is 2.61. The second-order valence-corrected chi connectivity index (χ2v) is 7.60. The van der Waals surface area contributed by atoms with Crippen molar-refractivity contribution < 1.29 is 32.2 Å². The molecular formula is C20H25F3N2O4. The number of methoxy groups -OCH3 is 1. The Kier molecular flexibility index (Phi) is 5.95. The molecule has 1 aliphatic heterocycles. The van der Waals surface area contributed by atoms with Gasteiger partial charge in [0.2, 0.25) is 0 Å². The topological polar surface area (TPSA) is 76.7 Å². The van der Waals surface area contributed by atoms with Gasteiger partial charge in [-0.25, -0.2) is 0 Å². The van der Waals surface area contributed by atoms with Crippen LogP contribution in [0.15, 0.2) is 18.2 Å². The predicted octanol–water partition coefficient (Wildman–Crippen LogP) is 3.72. The zero-order valence-corrected chi connectivity index (χ0v) is 16.4. The molecule has 160 valence electrons. The second kappa shape index (κ2) is 8.12. The Balaban J connectivity index is 1.69. The molecule has 0 bridgehead atoms. The molecular weight excluding hydrogens is 389 g/mol. The predicted molar refractivity (Wildman–Crippen MR) is 99.5 cm³/mol. The van der Waals surface area contributed by atoms with Crippen molar-refractivity contribution in [1.82, 2.24) is 5.32 Å². The average Bonchev–Trinajstić information content (AvgIpc) is 2.87. The lowest BCUT2D eigenvalue weighted by Gasteiger charge is -2.52. The molecule has 0 saturated heterocycles. The number of nitrogens with one attached hydrogen (secondary N) is 2. The molecule has 1 aromatic rings. The summed E-state index contributed by atoms with van der Waals surface area (Å²) in [6, 6.07) is 5.40. The van der Waals surface area contributed by atoms with Gasteiger partial charge in [-0.15, -0.1) is 0 Å². The minimum atomic E-state index is -4.94. The number of para-hydroxylation sites is 1. The smallest absolute Gasteiger partial charge is 0.471 e. The van der Waals surface area contributed by atoms with Gasteiger partial charge in [0.05, 0.1) is 19.4 Å². The minimum Gasteiger partial charge on any atom is -0.495 e. The molecule has 6 nitrogen and oxygen atoms in total. The van der Waals surface area contributed by atoms with Crippen molar-refractivity contribution in [3.05, 3.63) is 23.8 Å². The van der Waals surface area contributed by atoms with Crippen molar-refractivity contribution >= 4 is 17.6 Å². The number of alkyl halides is 3. The van der Waals surface area contributed by atoms with Gasteiger partial charge in [0, 0.05) is 12.8 Å². The Bertz CT molecular complexity index is 783. The van der Waals surface area contributed by atoms with E-state index >= 15 is 0 Å². The standard InChI is InChI=1S/C20H25F3N2O4/c1-12(26)29-10-5-3-4-7-13-11-19(25-18(27)20(21,22)23)16(13)14-8-6-9-15(28-2)17(14)24-19/h6,8-9,13,16,24H,3-5,7,10-11H2,1-2H3,(H,25,27)/t13-,16-,19+/m0/s1. The number of hydrogen-bond acceptors (Lipinski definition) is 5. The molecule has 0 radical (unpaired) electrons. The molecule has 2 N–H and O–H groups in total. The summed E-state index contributed by atoms with van der Waals surface area (Å²) in [6.45, 7) is 1.73. The highest BCUT2D eigenvalue weighted by molar-refractivity contribution is 5.84. The second-order valence-electron chi connectivity index (χ2n) is 7.60. The molecule has 2 aliphatic rings. The number of carbonyl (C=O) groups is 2. The summed E-state index contributed by atoms with van der Waals surface area (Å²) in [7, 11) is 1.50. The van der Waals surface area contributed by atoms with E-state index in [2.05, 4.69) is 10.6 Å². The highest BCUT2D eigenvalue weighted by Crippen LogP contribution is 2.60. The molecule has 3 atom stereocenters. The van der Waals surface area contributed by atoms with Gasteiger partial charge in [-0.05, 0) is 36.8 Å². The van der Waals surface area contributed by atoms with E-state index in [9.17, 15) is 22.8 Å². The lowest BCUT2D eigenvalue weighted by atomic mass is 9.61. The van der Waals surface area contributed by atoms with Crippen molar-refractivity contribution in [3.63, 3.8) is 0 Å². The van der Waals surface area contributed by atoms with E-state index in [0.717, 1.165) is 31.2 Å². The van der Waals surface area contributed by atoms with Crippen LogP contribution in [-0.2, 0) is 14.3 Å². The Labute approximate surface area is 167 Å². The van der Waals surface area contributed by atoms with Crippen LogP contribution in [0.3, 0.4) is 0 Å². The van der Waals surface area contributed by atoms with Crippen LogP contribution in [0, 0.1) is 5.92 Å². The Morgan fingerprint density at radius 2 is 2.03 bits per heavy atom. The number of benzene rings is 1. The zero-order valence-electron chi connectivity index (χ0n) is 16.4. The van der Waals surface area contributed by atoms with Crippen LogP contribution in [-0.4, -0.2) is 37.4 Å². The van der Waals surface area contributed by atoms with Gasteiger partial charge in [-0.1, -0.05) is 25.0 Å². The van der Waals surface area contributed by atoms with E-state index < -0.39 is 17.7 Å². The quantitative estimate of drug-likeness (QED) is 0.501. The number of fused-ring (bicyclic) bond motifs is 3. The summed E-state index contributed by atoms with van der Waals surface area (Å²) in [4.78, 5) is 22.4. The largest absolute Gasteiger partial charge is 0.495 e. The summed E-state index contributed by atoms with van der Waals surface area (Å²) in [6.07, 6.45) is -1.26. The maximum atomic E-state index is 12.9. The lowest BCUT2D eigenvalue weighted by molar-refractivity contribution is -0.177. The van der Waals surface area contributed by atoms with Crippen LogP contribution >= 0.6 is 0 Å². The normalized spacial score (nSPS) is 24.6. The Hall–Kier alpha value is -2.45. The molecule has 3 rings (SSSR count). The van der Waals surface area contributed by atoms with E-state index in [4.69, 9.17) is 9.47 Å². The third-order valence-corrected chi connectivity index (χ3v) is 5.67. The molecule has 1 heterocycles. The van der Waals surface area contributed by atoms with Gasteiger partial charge in [0.15, 0.2) is 0 Å². The first kappa shape index (κ1) is 21.3. The van der Waals surface area contributed by atoms with Crippen molar-refractivity contribution in [2.45, 2.75) is 56.8 Å². The maximum Gasteiger partial charge on any atom is 0.471 e. The van der Waals surface area contributed by atoms with Gasteiger partial charge >= 0.3 is 18.1 Å². The molecule has 1 amide bonds. The number of carbonyl (C=O) groups excluding carboxylic acids is 2. The lowest BCUT2D eigenvalue weighted by Crippen LogP contribution is -2.66. The number of ether oxygens (including phenoxy) is 2. The van der Waals surface area contributed by atoms with Crippen LogP contribution in [0.1, 0.15) is 50.5 Å². The van der Waals surface area contributed by atoms with Crippen molar-refractivity contribution in [1.29, 1.82) is 0 Å². The van der Waals surface area contributed by atoms with E-state index in [1.807, 2.05) is 6.07 Å². The molecule has 1 fully saturated rings. The van der Waals surface area contributed by atoms with Gasteiger partial charge in [-0.2, -0.15) is 13.2 Å². The first-order chi connectivity index (χ1) is 13.7. The third kappa shape index (κ3) is 4.28. The maximum absolute atomic E-state index is 12.9. The summed E-state index contributed by atoms with van der Waals surface area (Å²) in [5, 5.41) is 5.30. The van der Waals surface area contributed by atoms with Crippen molar-refractivity contribution in [2.24, 2.45) is 5.92 Å². The van der Waals surface area contributed by atoms with E-state index in [-0.39, 0.29) is 17.8 Å². The fourth-order valence-electron chi connectivity index (χ4n) is 4.49. The molecule has 0 unspecified atom stereocenters. The zero-order chi connectivity index (χ0) is 21.2. The molecule has 1 aliphatic carbocycles. The van der Waals surface area contributed by atoms with Crippen LogP contribution in [0.4, 0.5) is 18.9 Å². The number of rotatable bonds is 8. The van der Waals surface area contributed by atoms with E-state index in [1.165, 1.54) is 14.0 Å². The van der Waals surface area contributed by atoms with Crippen molar-refractivity contribution in [3.8, 4) is 5.75 Å². The van der Waals surface area contributed by atoms with Crippen LogP contribution in [0.2, 0.25) is 0 Å². The first-order valence-electron chi connectivity index (χ1n) is 9.66. The monoisotopic (exact) mass is 414 g/mol. The van der Waals surface area contributed by atoms with Gasteiger partial charge in [0.1, 0.15) is 11.4 Å². The van der Waals surface area contributed by atoms with Gasteiger partial charge in [-0.3, -0.25) is 9.59 Å². The van der Waals surface area contributed by atoms with E-state index in [1.54, 1.807) is 12.1 Å². The van der Waals surface area contributed by atoms with E-state index in [0.29, 0.717) is 24.5 Å². The number of unbranched alkanes of at least 4 members (excludes halogenated alkanes) is 2. The molecule has 9 heteroatoms. The molecule has 0 aromatic heterocycles. The Morgan fingerprint density at radius 3 is 2.69 bits per heavy atom. The average molecular weight is 414 g/mol. The number of halogens is 3. The fraction of sp³-hybridized carbons (Fsp3) is 0.600. The molecule has 29 heavy (non-hydrogen) atoms. The van der Waals surface area contributed by atoms with Gasteiger partial charge < -0.3 is 20.1 Å². The summed E-state index contributed by atoms with van der Waals surface area (Å²) in [5.41, 5.74) is 0.356. The summed E-state index contributed by atoms with van der Waals surface area (Å²) < 4.78 is 48.9. The summed E-state index contributed by atoms with van der Waals surface area (Å²) >= 11 is 0. The fourth-order valence-corrected chi connectivity index (χ4v) is 4.49. The minimum absolute atomic E-state index is 0.137. The van der Waals surface area contributed by atoms with Crippen LogP contribution in [0.25, 0.3) is 0 Å². The number of amides is 1. The SMILES string of the molecule is COc1cccc2c1N[C@@]1(NC(=O)C(F)(F)F)C[C@H](CCCCCOC(C)=O)[C@@H]21. The van der Waals surface area contributed by atoms with Crippen LogP contribution < -0.4 is 15.4 Å².